The van der Waals surface area contributed by atoms with Crippen LogP contribution in [-0.4, -0.2) is 12.3 Å². The third kappa shape index (κ3) is 4.84. The number of benzene rings is 3. The van der Waals surface area contributed by atoms with Crippen molar-refractivity contribution in [2.24, 2.45) is 5.73 Å². The zero-order chi connectivity index (χ0) is 18.2. The van der Waals surface area contributed by atoms with Crippen molar-refractivity contribution in [2.45, 2.75) is 13.0 Å². The molecule has 0 aliphatic heterocycles. The molecule has 0 aliphatic rings. The van der Waals surface area contributed by atoms with Crippen LogP contribution in [0.2, 0.25) is 0 Å². The Morgan fingerprint density at radius 2 is 1.50 bits per heavy atom. The van der Waals surface area contributed by atoms with Crippen LogP contribution in [0.15, 0.2) is 84.9 Å². The molecule has 1 unspecified atom stereocenters. The van der Waals surface area contributed by atoms with E-state index in [0.29, 0.717) is 17.9 Å². The van der Waals surface area contributed by atoms with Gasteiger partial charge in [0.15, 0.2) is 0 Å². The first kappa shape index (κ1) is 17.5. The molecule has 0 heterocycles. The van der Waals surface area contributed by atoms with Gasteiger partial charge in [0, 0.05) is 5.69 Å². The van der Waals surface area contributed by atoms with E-state index < -0.39 is 12.3 Å². The lowest BCUT2D eigenvalue weighted by Crippen LogP contribution is -2.30. The molecule has 0 saturated heterocycles. The summed E-state index contributed by atoms with van der Waals surface area (Å²) >= 11 is 0. The lowest BCUT2D eigenvalue weighted by Gasteiger charge is -2.22. The van der Waals surface area contributed by atoms with Gasteiger partial charge in [0.05, 0.1) is 12.2 Å². The maximum absolute atomic E-state index is 11.6. The quantitative estimate of drug-likeness (QED) is 0.608. The molecule has 26 heavy (non-hydrogen) atoms. The summed E-state index contributed by atoms with van der Waals surface area (Å²) in [5.74, 6) is -0.191. The first-order valence-corrected chi connectivity index (χ1v) is 8.25. The molecule has 0 fully saturated rings. The molecule has 3 aromatic rings. The van der Waals surface area contributed by atoms with Crippen LogP contribution in [0.3, 0.4) is 0 Å². The highest BCUT2D eigenvalue weighted by Crippen LogP contribution is 2.20. The minimum atomic E-state index is -0.793. The van der Waals surface area contributed by atoms with Crippen molar-refractivity contribution in [1.29, 1.82) is 0 Å². The third-order valence-corrected chi connectivity index (χ3v) is 3.69. The van der Waals surface area contributed by atoms with Gasteiger partial charge >= 0.3 is 0 Å². The molecular weight excluding hydrogens is 328 g/mol. The number of para-hydroxylation sites is 2. The van der Waals surface area contributed by atoms with Crippen molar-refractivity contribution in [2.75, 3.05) is 5.32 Å². The fourth-order valence-electron chi connectivity index (χ4n) is 2.41. The Hall–Kier alpha value is -3.31. The van der Waals surface area contributed by atoms with Crippen molar-refractivity contribution >= 4 is 11.6 Å². The Balaban J connectivity index is 1.77. The highest BCUT2D eigenvalue weighted by molar-refractivity contribution is 5.95. The van der Waals surface area contributed by atoms with Gasteiger partial charge in [-0.25, -0.2) is 0 Å². The smallest absolute Gasteiger partial charge is 0.281 e. The summed E-state index contributed by atoms with van der Waals surface area (Å²) in [6, 6.07) is 26.1. The average Bonchev–Trinajstić information content (AvgIpc) is 2.68. The summed E-state index contributed by atoms with van der Waals surface area (Å²) in [4.78, 5) is 11.6. The van der Waals surface area contributed by atoms with Gasteiger partial charge in [0.1, 0.15) is 5.75 Å². The standard InChI is InChI=1S/C21H20N2O3/c22-20(24)18-13-7-8-14-19(18)26-21(23-17-11-5-2-6-12-17)25-15-16-9-3-1-4-10-16/h1-14,21,23H,15H2,(H2,22,24). The van der Waals surface area contributed by atoms with Crippen LogP contribution >= 0.6 is 0 Å². The number of hydrogen-bond donors (Lipinski definition) is 2. The molecule has 132 valence electrons. The number of carbonyl (C=O) groups is 1. The van der Waals surface area contributed by atoms with Gasteiger partial charge in [0.2, 0.25) is 0 Å². The van der Waals surface area contributed by atoms with Gasteiger partial charge in [0.25, 0.3) is 12.3 Å². The molecule has 5 nitrogen and oxygen atoms in total. The van der Waals surface area contributed by atoms with Crippen LogP contribution in [0.4, 0.5) is 5.69 Å². The number of rotatable bonds is 8. The molecule has 0 spiro atoms. The minimum absolute atomic E-state index is 0.302. The molecule has 3 aromatic carbocycles. The molecule has 3 N–H and O–H groups in total. The maximum Gasteiger partial charge on any atom is 0.281 e. The van der Waals surface area contributed by atoms with Crippen molar-refractivity contribution in [1.82, 2.24) is 0 Å². The zero-order valence-electron chi connectivity index (χ0n) is 14.2. The van der Waals surface area contributed by atoms with E-state index in [-0.39, 0.29) is 0 Å². The van der Waals surface area contributed by atoms with Gasteiger partial charge < -0.3 is 20.5 Å². The van der Waals surface area contributed by atoms with Crippen LogP contribution in [0.25, 0.3) is 0 Å². The number of anilines is 1. The zero-order valence-corrected chi connectivity index (χ0v) is 14.2. The summed E-state index contributed by atoms with van der Waals surface area (Å²) in [6.07, 6.45) is -0.793. The van der Waals surface area contributed by atoms with Crippen molar-refractivity contribution in [3.05, 3.63) is 96.1 Å². The second-order valence-electron chi connectivity index (χ2n) is 5.62. The van der Waals surface area contributed by atoms with Gasteiger partial charge in [-0.15, -0.1) is 0 Å². The molecule has 1 atom stereocenters. The summed E-state index contributed by atoms with van der Waals surface area (Å²) in [6.45, 7) is 0.351. The van der Waals surface area contributed by atoms with Gasteiger partial charge in [-0.05, 0) is 29.8 Å². The largest absolute Gasteiger partial charge is 0.446 e. The van der Waals surface area contributed by atoms with Crippen molar-refractivity contribution < 1.29 is 14.3 Å². The Bertz CT molecular complexity index is 838. The van der Waals surface area contributed by atoms with Gasteiger partial charge in [-0.1, -0.05) is 60.7 Å². The van der Waals surface area contributed by atoms with Gasteiger partial charge in [-0.3, -0.25) is 4.79 Å². The fourth-order valence-corrected chi connectivity index (χ4v) is 2.41. The summed E-state index contributed by atoms with van der Waals surface area (Å²) in [7, 11) is 0. The topological polar surface area (TPSA) is 73.6 Å². The predicted octanol–water partition coefficient (Wildman–Crippen LogP) is 3.78. The number of primary amides is 1. The van der Waals surface area contributed by atoms with E-state index in [2.05, 4.69) is 5.32 Å². The van der Waals surface area contributed by atoms with Gasteiger partial charge in [-0.2, -0.15) is 0 Å². The van der Waals surface area contributed by atoms with Crippen LogP contribution in [-0.2, 0) is 11.3 Å². The third-order valence-electron chi connectivity index (χ3n) is 3.69. The first-order valence-electron chi connectivity index (χ1n) is 8.25. The number of nitrogens with two attached hydrogens (primary N) is 1. The molecule has 0 aliphatic carbocycles. The Kier molecular flexibility index (Phi) is 5.85. The lowest BCUT2D eigenvalue weighted by atomic mass is 10.2. The Morgan fingerprint density at radius 1 is 0.885 bits per heavy atom. The first-order chi connectivity index (χ1) is 12.7. The van der Waals surface area contributed by atoms with Crippen molar-refractivity contribution in [3.63, 3.8) is 0 Å². The Morgan fingerprint density at radius 3 is 2.19 bits per heavy atom. The number of carbonyl (C=O) groups excluding carboxylic acids is 1. The number of ether oxygens (including phenoxy) is 2. The predicted molar refractivity (Wildman–Crippen MR) is 101 cm³/mol. The Labute approximate surface area is 152 Å². The molecule has 3 rings (SSSR count). The molecule has 1 amide bonds. The van der Waals surface area contributed by atoms with E-state index in [1.165, 1.54) is 0 Å². The fraction of sp³-hybridized carbons (Fsp3) is 0.0952. The van der Waals surface area contributed by atoms with E-state index in [1.807, 2.05) is 60.7 Å². The molecule has 0 bridgehead atoms. The molecule has 5 heteroatoms. The van der Waals surface area contributed by atoms with E-state index in [0.717, 1.165) is 11.3 Å². The van der Waals surface area contributed by atoms with E-state index in [9.17, 15) is 4.79 Å². The van der Waals surface area contributed by atoms with E-state index in [4.69, 9.17) is 15.2 Å². The second kappa shape index (κ2) is 8.69. The highest BCUT2D eigenvalue weighted by Gasteiger charge is 2.16. The average molecular weight is 348 g/mol. The normalized spacial score (nSPS) is 11.5. The molecular formula is C21H20N2O3. The maximum atomic E-state index is 11.6. The minimum Gasteiger partial charge on any atom is -0.446 e. The number of amides is 1. The second-order valence-corrected chi connectivity index (χ2v) is 5.62. The number of nitrogens with one attached hydrogen (secondary N) is 1. The number of hydrogen-bond acceptors (Lipinski definition) is 4. The van der Waals surface area contributed by atoms with E-state index in [1.54, 1.807) is 24.3 Å². The lowest BCUT2D eigenvalue weighted by molar-refractivity contribution is -0.0694. The molecule has 0 aromatic heterocycles. The van der Waals surface area contributed by atoms with Crippen LogP contribution in [0, 0.1) is 0 Å². The summed E-state index contributed by atoms with van der Waals surface area (Å²) in [5.41, 5.74) is 7.58. The summed E-state index contributed by atoms with van der Waals surface area (Å²) < 4.78 is 11.8. The van der Waals surface area contributed by atoms with Crippen LogP contribution in [0.5, 0.6) is 5.75 Å². The molecule has 0 radical (unpaired) electrons. The monoisotopic (exact) mass is 348 g/mol. The summed E-state index contributed by atoms with van der Waals surface area (Å²) in [5, 5.41) is 3.17. The SMILES string of the molecule is NC(=O)c1ccccc1OC(Nc1ccccc1)OCc1ccccc1. The molecule has 0 saturated carbocycles. The highest BCUT2D eigenvalue weighted by atomic mass is 16.7. The van der Waals surface area contributed by atoms with Crippen LogP contribution in [0.1, 0.15) is 15.9 Å². The van der Waals surface area contributed by atoms with Crippen LogP contribution < -0.4 is 15.8 Å². The van der Waals surface area contributed by atoms with Crippen molar-refractivity contribution in [3.8, 4) is 5.75 Å². The van der Waals surface area contributed by atoms with E-state index >= 15 is 0 Å².